The lowest BCUT2D eigenvalue weighted by atomic mass is 10.0. The Kier molecular flexibility index (Phi) is 7.72. The number of hydrogen-bond acceptors (Lipinski definition) is 4. The highest BCUT2D eigenvalue weighted by molar-refractivity contribution is 9.10. The summed E-state index contributed by atoms with van der Waals surface area (Å²) in [6.07, 6.45) is 3.72. The number of barbiturate groups is 1. The van der Waals surface area contributed by atoms with E-state index in [9.17, 15) is 14.4 Å². The predicted octanol–water partition coefficient (Wildman–Crippen LogP) is 6.38. The van der Waals surface area contributed by atoms with Crippen molar-refractivity contribution in [2.24, 2.45) is 0 Å². The lowest BCUT2D eigenvalue weighted by molar-refractivity contribution is -0.122. The molecule has 1 fully saturated rings. The number of benzene rings is 3. The quantitative estimate of drug-likeness (QED) is 0.205. The first-order chi connectivity index (χ1) is 17.3. The molecular weight excluding hydrogens is 544 g/mol. The van der Waals surface area contributed by atoms with Crippen LogP contribution in [0.3, 0.4) is 0 Å². The third kappa shape index (κ3) is 5.42. The van der Waals surface area contributed by atoms with E-state index in [4.69, 9.17) is 16.3 Å². The van der Waals surface area contributed by atoms with Crippen LogP contribution >= 0.6 is 27.5 Å². The first kappa shape index (κ1) is 25.4. The van der Waals surface area contributed by atoms with Crippen molar-refractivity contribution in [3.8, 4) is 5.75 Å². The second-order valence-electron chi connectivity index (χ2n) is 8.13. The van der Waals surface area contributed by atoms with E-state index >= 15 is 0 Å². The van der Waals surface area contributed by atoms with Gasteiger partial charge in [-0.15, -0.1) is 6.58 Å². The van der Waals surface area contributed by atoms with Gasteiger partial charge in [-0.05, 0) is 72.5 Å². The van der Waals surface area contributed by atoms with Gasteiger partial charge in [-0.1, -0.05) is 57.9 Å². The Balaban J connectivity index is 1.63. The zero-order valence-electron chi connectivity index (χ0n) is 19.4. The Bertz CT molecular complexity index is 1420. The third-order valence-electron chi connectivity index (χ3n) is 5.60. The van der Waals surface area contributed by atoms with Gasteiger partial charge in [0.2, 0.25) is 0 Å². The summed E-state index contributed by atoms with van der Waals surface area (Å²) in [6, 6.07) is 17.1. The first-order valence-electron chi connectivity index (χ1n) is 11.1. The summed E-state index contributed by atoms with van der Waals surface area (Å²) in [4.78, 5) is 39.3. The van der Waals surface area contributed by atoms with Crippen LogP contribution in [0.5, 0.6) is 5.75 Å². The molecule has 0 radical (unpaired) electrons. The normalized spacial score (nSPS) is 14.7. The van der Waals surface area contributed by atoms with Crippen molar-refractivity contribution in [1.29, 1.82) is 0 Å². The zero-order valence-corrected chi connectivity index (χ0v) is 21.7. The van der Waals surface area contributed by atoms with Gasteiger partial charge in [0.25, 0.3) is 11.8 Å². The molecule has 8 heteroatoms. The molecule has 3 aromatic rings. The third-order valence-corrected chi connectivity index (χ3v) is 6.86. The van der Waals surface area contributed by atoms with Crippen LogP contribution in [-0.4, -0.2) is 17.8 Å². The largest absolute Gasteiger partial charge is 0.489 e. The SMILES string of the molecule is C=CCc1cc(/C=C2\C(=O)NC(=O)N(c3ccc(Br)c(C)c3)C2=O)ccc1OCc1ccccc1Cl. The van der Waals surface area contributed by atoms with E-state index < -0.39 is 17.8 Å². The highest BCUT2D eigenvalue weighted by Crippen LogP contribution is 2.28. The highest BCUT2D eigenvalue weighted by Gasteiger charge is 2.37. The number of aryl methyl sites for hydroxylation is 1. The fourth-order valence-electron chi connectivity index (χ4n) is 3.74. The van der Waals surface area contributed by atoms with Crippen molar-refractivity contribution >= 4 is 57.1 Å². The van der Waals surface area contributed by atoms with E-state index in [1.165, 1.54) is 6.08 Å². The number of ether oxygens (including phenoxy) is 1. The topological polar surface area (TPSA) is 75.7 Å². The van der Waals surface area contributed by atoms with Crippen molar-refractivity contribution in [2.75, 3.05) is 4.90 Å². The van der Waals surface area contributed by atoms with Gasteiger partial charge in [-0.25, -0.2) is 9.69 Å². The summed E-state index contributed by atoms with van der Waals surface area (Å²) in [6.45, 7) is 5.94. The number of rotatable bonds is 7. The second-order valence-corrected chi connectivity index (χ2v) is 9.39. The monoisotopic (exact) mass is 564 g/mol. The van der Waals surface area contributed by atoms with Crippen LogP contribution in [0.2, 0.25) is 5.02 Å². The molecule has 0 aliphatic carbocycles. The molecule has 1 heterocycles. The molecule has 1 aliphatic heterocycles. The average Bonchev–Trinajstić information content (AvgIpc) is 2.84. The van der Waals surface area contributed by atoms with Crippen molar-refractivity contribution in [1.82, 2.24) is 5.32 Å². The van der Waals surface area contributed by atoms with Gasteiger partial charge in [-0.3, -0.25) is 14.9 Å². The Labute approximate surface area is 222 Å². The minimum absolute atomic E-state index is 0.149. The molecular formula is C28H22BrClN2O4. The number of imide groups is 2. The molecule has 1 aliphatic rings. The van der Waals surface area contributed by atoms with Crippen molar-refractivity contribution in [2.45, 2.75) is 20.0 Å². The molecule has 4 rings (SSSR count). The molecule has 0 unspecified atom stereocenters. The molecule has 1 saturated heterocycles. The smallest absolute Gasteiger partial charge is 0.335 e. The summed E-state index contributed by atoms with van der Waals surface area (Å²) in [5.41, 5.74) is 3.35. The number of nitrogens with one attached hydrogen (secondary N) is 1. The Morgan fingerprint density at radius 3 is 2.56 bits per heavy atom. The highest BCUT2D eigenvalue weighted by atomic mass is 79.9. The summed E-state index contributed by atoms with van der Waals surface area (Å²) < 4.78 is 6.84. The van der Waals surface area contributed by atoms with E-state index in [1.54, 1.807) is 42.5 Å². The van der Waals surface area contributed by atoms with Gasteiger partial charge in [0.15, 0.2) is 0 Å². The Morgan fingerprint density at radius 2 is 1.83 bits per heavy atom. The standard InChI is InChI=1S/C28H22BrClN2O4/c1-3-6-19-14-18(9-12-25(19)36-16-20-7-4-5-8-24(20)30)15-22-26(33)31-28(35)32(27(22)34)21-10-11-23(29)17(2)13-21/h3-5,7-15H,1,6,16H2,2H3,(H,31,33,35)/b22-15+. The Morgan fingerprint density at radius 1 is 1.06 bits per heavy atom. The van der Waals surface area contributed by atoms with Gasteiger partial charge in [0.05, 0.1) is 5.69 Å². The van der Waals surface area contributed by atoms with E-state index in [-0.39, 0.29) is 12.2 Å². The predicted molar refractivity (Wildman–Crippen MR) is 144 cm³/mol. The molecule has 4 amide bonds. The number of nitrogens with zero attached hydrogens (tertiary/aromatic N) is 1. The lowest BCUT2D eigenvalue weighted by Crippen LogP contribution is -2.54. The number of anilines is 1. The first-order valence-corrected chi connectivity index (χ1v) is 12.2. The van der Waals surface area contributed by atoms with Crippen LogP contribution in [0.4, 0.5) is 10.5 Å². The molecule has 36 heavy (non-hydrogen) atoms. The molecule has 0 bridgehead atoms. The minimum Gasteiger partial charge on any atom is -0.489 e. The van der Waals surface area contributed by atoms with Gasteiger partial charge in [0, 0.05) is 15.1 Å². The summed E-state index contributed by atoms with van der Waals surface area (Å²) in [5, 5.41) is 2.87. The average molecular weight is 566 g/mol. The van der Waals surface area contributed by atoms with Gasteiger partial charge < -0.3 is 4.74 Å². The van der Waals surface area contributed by atoms with Crippen LogP contribution in [0.1, 0.15) is 22.3 Å². The number of amides is 4. The summed E-state index contributed by atoms with van der Waals surface area (Å²) in [7, 11) is 0. The van der Waals surface area contributed by atoms with Crippen molar-refractivity contribution < 1.29 is 19.1 Å². The maximum Gasteiger partial charge on any atom is 0.335 e. The van der Waals surface area contributed by atoms with Crippen LogP contribution in [0.25, 0.3) is 6.08 Å². The van der Waals surface area contributed by atoms with E-state index in [0.717, 1.165) is 26.1 Å². The zero-order chi connectivity index (χ0) is 25.8. The number of carbonyl (C=O) groups is 3. The van der Waals surface area contributed by atoms with Crippen LogP contribution in [-0.2, 0) is 22.6 Å². The van der Waals surface area contributed by atoms with E-state index in [1.807, 2.05) is 31.2 Å². The molecule has 0 spiro atoms. The number of halogens is 2. The number of urea groups is 1. The molecule has 6 nitrogen and oxygen atoms in total. The Hall–Kier alpha value is -3.68. The molecule has 0 atom stereocenters. The van der Waals surface area contributed by atoms with Gasteiger partial charge >= 0.3 is 6.03 Å². The maximum atomic E-state index is 13.2. The fourth-order valence-corrected chi connectivity index (χ4v) is 4.18. The van der Waals surface area contributed by atoms with Gasteiger partial charge in [0.1, 0.15) is 17.9 Å². The molecule has 0 saturated carbocycles. The molecule has 1 N–H and O–H groups in total. The molecule has 3 aromatic carbocycles. The minimum atomic E-state index is -0.792. The molecule has 0 aromatic heterocycles. The maximum absolute atomic E-state index is 13.2. The second kappa shape index (κ2) is 10.9. The molecule has 182 valence electrons. The number of carbonyl (C=O) groups excluding carboxylic acids is 3. The number of hydrogen-bond donors (Lipinski definition) is 1. The van der Waals surface area contributed by atoms with Crippen molar-refractivity contribution in [3.63, 3.8) is 0 Å². The van der Waals surface area contributed by atoms with Crippen LogP contribution in [0.15, 0.2) is 83.4 Å². The van der Waals surface area contributed by atoms with Crippen LogP contribution < -0.4 is 15.0 Å². The summed E-state index contributed by atoms with van der Waals surface area (Å²) in [5.74, 6) is -0.812. The van der Waals surface area contributed by atoms with Crippen LogP contribution in [0, 0.1) is 6.92 Å². The lowest BCUT2D eigenvalue weighted by Gasteiger charge is -2.26. The number of allylic oxidation sites excluding steroid dienone is 1. The van der Waals surface area contributed by atoms with E-state index in [0.29, 0.717) is 28.4 Å². The fraction of sp³-hybridized carbons (Fsp3) is 0.107. The summed E-state index contributed by atoms with van der Waals surface area (Å²) >= 11 is 9.64. The van der Waals surface area contributed by atoms with E-state index in [2.05, 4.69) is 27.8 Å². The van der Waals surface area contributed by atoms with Crippen molar-refractivity contribution in [3.05, 3.63) is 111 Å². The van der Waals surface area contributed by atoms with Gasteiger partial charge in [-0.2, -0.15) is 0 Å².